The normalized spacial score (nSPS) is 10.2. The van der Waals surface area contributed by atoms with Crippen LogP contribution in [0.2, 0.25) is 0 Å². The van der Waals surface area contributed by atoms with Gasteiger partial charge in [-0.2, -0.15) is 0 Å². The third-order valence-corrected chi connectivity index (χ3v) is 0. The molecule has 17 heavy (non-hydrogen) atoms. The molecular formula is O12S3V2-6. The maximum atomic E-state index is 8.52. The molecule has 0 saturated carbocycles. The van der Waals surface area contributed by atoms with Gasteiger partial charge in [-0.15, -0.1) is 0 Å². The molecule has 0 saturated heterocycles. The van der Waals surface area contributed by atoms with Gasteiger partial charge in [0.2, 0.25) is 0 Å². The van der Waals surface area contributed by atoms with Crippen LogP contribution in [0.3, 0.4) is 0 Å². The summed E-state index contributed by atoms with van der Waals surface area (Å²) in [5.41, 5.74) is 0. The average molecular weight is 390 g/mol. The van der Waals surface area contributed by atoms with Gasteiger partial charge in [0.05, 0.1) is 0 Å². The maximum absolute atomic E-state index is 8.52. The Hall–Kier alpha value is 0.779. The van der Waals surface area contributed by atoms with E-state index >= 15 is 0 Å². The molecule has 2 radical (unpaired) electrons. The Morgan fingerprint density at radius 3 is 0.412 bits per heavy atom. The van der Waals surface area contributed by atoms with Crippen molar-refractivity contribution in [1.82, 2.24) is 0 Å². The van der Waals surface area contributed by atoms with Crippen LogP contribution < -0.4 is 0 Å². The molecule has 12 nitrogen and oxygen atoms in total. The second kappa shape index (κ2) is 11.8. The molecule has 0 fully saturated rings. The van der Waals surface area contributed by atoms with Crippen LogP contribution >= 0.6 is 0 Å². The molecule has 0 aromatic rings. The third kappa shape index (κ3) is 6040. The summed E-state index contributed by atoms with van der Waals surface area (Å²) >= 11 is 0. The Labute approximate surface area is 120 Å². The van der Waals surface area contributed by atoms with E-state index in [4.69, 9.17) is 52.6 Å². The second-order valence-electron chi connectivity index (χ2n) is 1.22. The predicted octanol–water partition coefficient (Wildman–Crippen LogP) is -4.02. The fraction of sp³-hybridized carbons (Fsp3) is 0. The molecule has 0 aliphatic rings. The van der Waals surface area contributed by atoms with E-state index in [9.17, 15) is 0 Å². The van der Waals surface area contributed by atoms with E-state index in [1.807, 2.05) is 0 Å². The molecule has 0 bridgehead atoms. The number of hydrogen-bond donors (Lipinski definition) is 0. The van der Waals surface area contributed by atoms with Crippen molar-refractivity contribution in [2.75, 3.05) is 0 Å². The first-order valence-corrected chi connectivity index (χ1v) is 6.00. The van der Waals surface area contributed by atoms with Gasteiger partial charge >= 0.3 is 0 Å². The summed E-state index contributed by atoms with van der Waals surface area (Å²) in [4.78, 5) is 0. The summed E-state index contributed by atoms with van der Waals surface area (Å²) in [6.07, 6.45) is 0. The minimum Gasteiger partial charge on any atom is -0.759 e. The van der Waals surface area contributed by atoms with Crippen LogP contribution in [-0.2, 0) is 68.3 Å². The van der Waals surface area contributed by atoms with E-state index in [1.54, 1.807) is 0 Å². The standard InChI is InChI=1S/3H2O4S.2V/c3*1-5(2,3)4;;/h3*(H2,1,2,3,4);;/p-6. The van der Waals surface area contributed by atoms with Crippen molar-refractivity contribution in [3.05, 3.63) is 0 Å². The molecule has 0 aromatic heterocycles. The van der Waals surface area contributed by atoms with Crippen LogP contribution in [0.1, 0.15) is 0 Å². The molecule has 0 aliphatic heterocycles. The van der Waals surface area contributed by atoms with E-state index in [2.05, 4.69) is 0 Å². The van der Waals surface area contributed by atoms with Crippen molar-refractivity contribution < 1.29 is 89.7 Å². The van der Waals surface area contributed by atoms with Gasteiger partial charge in [0, 0.05) is 68.3 Å². The van der Waals surface area contributed by atoms with Gasteiger partial charge in [-0.25, -0.2) is 0 Å². The average Bonchev–Trinajstić information content (AvgIpc) is 1.41. The molecule has 0 aliphatic carbocycles. The van der Waals surface area contributed by atoms with Crippen LogP contribution in [0.4, 0.5) is 0 Å². The predicted molar refractivity (Wildman–Crippen MR) is 31.4 cm³/mol. The first-order chi connectivity index (χ1) is 6.00. The van der Waals surface area contributed by atoms with Gasteiger partial charge < -0.3 is 27.3 Å². The van der Waals surface area contributed by atoms with Crippen molar-refractivity contribution in [3.63, 3.8) is 0 Å². The molecule has 0 unspecified atom stereocenters. The minimum absolute atomic E-state index is 0. The molecule has 17 heteroatoms. The van der Waals surface area contributed by atoms with Crippen molar-refractivity contribution >= 4 is 31.2 Å². The minimum atomic E-state index is -5.17. The zero-order valence-electron chi connectivity index (χ0n) is 7.02. The van der Waals surface area contributed by atoms with Crippen LogP contribution in [0, 0.1) is 0 Å². The zero-order chi connectivity index (χ0) is 13.5. The Morgan fingerprint density at radius 2 is 0.412 bits per heavy atom. The van der Waals surface area contributed by atoms with Crippen molar-refractivity contribution in [3.8, 4) is 0 Å². The second-order valence-corrected chi connectivity index (χ2v) is 3.67. The molecule has 106 valence electrons. The molecule has 0 aromatic carbocycles. The fourth-order valence-corrected chi connectivity index (χ4v) is 0. The van der Waals surface area contributed by atoms with Crippen LogP contribution in [-0.4, -0.2) is 52.6 Å². The van der Waals surface area contributed by atoms with Gasteiger partial charge in [0.15, 0.2) is 0 Å². The fourth-order valence-electron chi connectivity index (χ4n) is 0. The van der Waals surface area contributed by atoms with Crippen LogP contribution in [0.5, 0.6) is 0 Å². The van der Waals surface area contributed by atoms with E-state index in [-0.39, 0.29) is 37.1 Å². The largest absolute Gasteiger partial charge is 0.759 e. The molecule has 0 rings (SSSR count). The SMILES string of the molecule is O=S(=O)([O-])[O-].O=S(=O)([O-])[O-].O=S(=O)([O-])[O-].[V].[V]. The quantitative estimate of drug-likeness (QED) is 0.284. The summed E-state index contributed by atoms with van der Waals surface area (Å²) < 4.78 is 102. The van der Waals surface area contributed by atoms with Crippen molar-refractivity contribution in [2.24, 2.45) is 0 Å². The summed E-state index contributed by atoms with van der Waals surface area (Å²) in [6, 6.07) is 0. The maximum Gasteiger partial charge on any atom is 0.0311 e. The van der Waals surface area contributed by atoms with Gasteiger partial charge in [0.25, 0.3) is 0 Å². The summed E-state index contributed by atoms with van der Waals surface area (Å²) in [5.74, 6) is 0. The molecule has 0 spiro atoms. The zero-order valence-corrected chi connectivity index (χ0v) is 12.3. The third-order valence-electron chi connectivity index (χ3n) is 0. The number of rotatable bonds is 0. The first-order valence-electron chi connectivity index (χ1n) is 2.00. The molecule has 0 amide bonds. The first kappa shape index (κ1) is 30.7. The molecular weight excluding hydrogens is 390 g/mol. The van der Waals surface area contributed by atoms with Gasteiger partial charge in [0.1, 0.15) is 0 Å². The van der Waals surface area contributed by atoms with E-state index in [0.29, 0.717) is 0 Å². The summed E-state index contributed by atoms with van der Waals surface area (Å²) in [7, 11) is -15.5. The molecule has 0 atom stereocenters. The Bertz CT molecular complexity index is 341. The smallest absolute Gasteiger partial charge is 0.0311 e. The van der Waals surface area contributed by atoms with E-state index < -0.39 is 31.2 Å². The topological polar surface area (TPSA) is 241 Å². The van der Waals surface area contributed by atoms with Gasteiger partial charge in [-0.1, -0.05) is 0 Å². The van der Waals surface area contributed by atoms with E-state index in [0.717, 1.165) is 0 Å². The summed E-state index contributed by atoms with van der Waals surface area (Å²) in [5, 5.41) is 0. The van der Waals surface area contributed by atoms with Gasteiger partial charge in [-0.3, -0.25) is 25.3 Å². The Balaban J connectivity index is -0.0000000400. The number of hydrogen-bond acceptors (Lipinski definition) is 12. The molecule has 0 N–H and O–H groups in total. The van der Waals surface area contributed by atoms with E-state index in [1.165, 1.54) is 0 Å². The van der Waals surface area contributed by atoms with Crippen molar-refractivity contribution in [1.29, 1.82) is 0 Å². The monoisotopic (exact) mass is 390 g/mol. The van der Waals surface area contributed by atoms with Crippen molar-refractivity contribution in [2.45, 2.75) is 0 Å². The summed E-state index contributed by atoms with van der Waals surface area (Å²) in [6.45, 7) is 0. The molecule has 0 heterocycles. The van der Waals surface area contributed by atoms with Crippen LogP contribution in [0.25, 0.3) is 0 Å². The van der Waals surface area contributed by atoms with Crippen LogP contribution in [0.15, 0.2) is 0 Å². The Kier molecular flexibility index (Phi) is 21.4. The Morgan fingerprint density at radius 1 is 0.412 bits per heavy atom. The van der Waals surface area contributed by atoms with Gasteiger partial charge in [-0.05, 0) is 0 Å².